The Hall–Kier alpha value is -3.09. The molecule has 1 aliphatic rings. The molecule has 2 amide bonds. The van der Waals surface area contributed by atoms with Gasteiger partial charge in [0.1, 0.15) is 18.9 Å². The molecule has 1 unspecified atom stereocenters. The molecule has 0 bridgehead atoms. The molecule has 4 rings (SSSR count). The summed E-state index contributed by atoms with van der Waals surface area (Å²) in [6, 6.07) is 14.8. The normalized spacial score (nSPS) is 14.8. The minimum atomic E-state index is -0.229. The van der Waals surface area contributed by atoms with E-state index in [0.717, 1.165) is 23.1 Å². The van der Waals surface area contributed by atoms with Crippen molar-refractivity contribution in [2.24, 2.45) is 0 Å². The first kappa shape index (κ1) is 25.0. The van der Waals surface area contributed by atoms with Crippen LogP contribution in [0.4, 0.5) is 0 Å². The lowest BCUT2D eigenvalue weighted by atomic mass is 10.00. The van der Waals surface area contributed by atoms with Crippen LogP contribution in [0.1, 0.15) is 38.0 Å². The number of nitrogens with zero attached hydrogens (tertiary/aromatic N) is 2. The van der Waals surface area contributed by atoms with Crippen LogP contribution in [0.25, 0.3) is 0 Å². The van der Waals surface area contributed by atoms with Crippen molar-refractivity contribution in [1.82, 2.24) is 9.80 Å². The summed E-state index contributed by atoms with van der Waals surface area (Å²) in [6.45, 7) is 8.84. The fourth-order valence-corrected chi connectivity index (χ4v) is 5.39. The van der Waals surface area contributed by atoms with Crippen LogP contribution in [0, 0.1) is 13.8 Å². The first-order valence-electron chi connectivity index (χ1n) is 11.6. The van der Waals surface area contributed by atoms with Gasteiger partial charge in [-0.1, -0.05) is 35.4 Å². The number of rotatable bonds is 8. The zero-order valence-electron chi connectivity index (χ0n) is 20.0. The number of hydrogen-bond acceptors (Lipinski definition) is 4. The van der Waals surface area contributed by atoms with Crippen LogP contribution in [0.3, 0.4) is 0 Å². The first-order chi connectivity index (χ1) is 16.9. The smallest absolute Gasteiger partial charge is 0.254 e. The van der Waals surface area contributed by atoms with E-state index in [4.69, 9.17) is 16.3 Å². The number of ether oxygens (including phenoxy) is 1. The van der Waals surface area contributed by atoms with Crippen molar-refractivity contribution < 1.29 is 14.3 Å². The second-order valence-corrected chi connectivity index (χ2v) is 10.1. The molecule has 3 aromatic rings. The van der Waals surface area contributed by atoms with E-state index < -0.39 is 0 Å². The Kier molecular flexibility index (Phi) is 7.93. The Morgan fingerprint density at radius 1 is 1.23 bits per heavy atom. The molecule has 0 fully saturated rings. The monoisotopic (exact) mass is 508 g/mol. The number of amides is 2. The van der Waals surface area contributed by atoms with Gasteiger partial charge >= 0.3 is 0 Å². The predicted molar refractivity (Wildman–Crippen MR) is 141 cm³/mol. The maximum atomic E-state index is 13.6. The van der Waals surface area contributed by atoms with Crippen molar-refractivity contribution in [2.45, 2.75) is 26.3 Å². The van der Waals surface area contributed by atoms with Crippen LogP contribution in [0.2, 0.25) is 5.02 Å². The van der Waals surface area contributed by atoms with E-state index in [-0.39, 0.29) is 24.4 Å². The van der Waals surface area contributed by atoms with Gasteiger partial charge in [0.25, 0.3) is 5.91 Å². The Morgan fingerprint density at radius 2 is 2.06 bits per heavy atom. The molecule has 0 saturated carbocycles. The molecule has 35 heavy (non-hydrogen) atoms. The van der Waals surface area contributed by atoms with Gasteiger partial charge in [-0.25, -0.2) is 0 Å². The van der Waals surface area contributed by atoms with Gasteiger partial charge in [-0.15, -0.1) is 17.9 Å². The third-order valence-electron chi connectivity index (χ3n) is 6.18. The van der Waals surface area contributed by atoms with Crippen molar-refractivity contribution in [3.05, 3.63) is 98.7 Å². The van der Waals surface area contributed by atoms with E-state index in [1.54, 1.807) is 28.4 Å². The molecular weight excluding hydrogens is 480 g/mol. The van der Waals surface area contributed by atoms with E-state index in [1.807, 2.05) is 55.1 Å². The second-order valence-electron chi connectivity index (χ2n) is 8.72. The first-order valence-corrected chi connectivity index (χ1v) is 12.8. The third-order valence-corrected chi connectivity index (χ3v) is 7.60. The van der Waals surface area contributed by atoms with E-state index in [0.29, 0.717) is 36.0 Å². The number of aryl methyl sites for hydroxylation is 2. The van der Waals surface area contributed by atoms with E-state index >= 15 is 0 Å². The number of halogens is 1. The van der Waals surface area contributed by atoms with Gasteiger partial charge in [-0.05, 0) is 73.2 Å². The summed E-state index contributed by atoms with van der Waals surface area (Å²) in [5, 5.41) is 2.75. The Labute approximate surface area is 215 Å². The molecule has 1 atom stereocenters. The molecule has 7 heteroatoms. The van der Waals surface area contributed by atoms with E-state index in [2.05, 4.69) is 18.0 Å². The Morgan fingerprint density at radius 3 is 2.80 bits per heavy atom. The maximum absolute atomic E-state index is 13.6. The SMILES string of the molecule is C=CCN(CC(=O)N1CCc2sccc2C1COc1ccc(Cl)c(C)c1)C(=O)c1cccc(C)c1. The number of benzene rings is 2. The average molecular weight is 509 g/mol. The molecule has 2 heterocycles. The largest absolute Gasteiger partial charge is 0.491 e. The molecule has 0 radical (unpaired) electrons. The molecule has 0 aliphatic carbocycles. The van der Waals surface area contributed by atoms with Crippen molar-refractivity contribution in [3.63, 3.8) is 0 Å². The van der Waals surface area contributed by atoms with E-state index in [9.17, 15) is 9.59 Å². The summed E-state index contributed by atoms with van der Waals surface area (Å²) < 4.78 is 6.13. The minimum absolute atomic E-state index is 0.0190. The molecule has 0 spiro atoms. The lowest BCUT2D eigenvalue weighted by molar-refractivity contribution is -0.135. The van der Waals surface area contributed by atoms with Gasteiger partial charge in [-0.3, -0.25) is 9.59 Å². The summed E-state index contributed by atoms with van der Waals surface area (Å²) in [4.78, 5) is 31.4. The van der Waals surface area contributed by atoms with Crippen molar-refractivity contribution in [2.75, 3.05) is 26.2 Å². The standard InChI is InChI=1S/C28H29ClN2O3S/c1-4-12-30(28(33)21-7-5-6-19(2)15-21)17-27(32)31-13-10-26-23(11-14-35-26)25(31)18-34-22-8-9-24(29)20(3)16-22/h4-9,11,14-16,25H,1,10,12-13,17-18H2,2-3H3. The minimum Gasteiger partial charge on any atom is -0.491 e. The molecule has 5 nitrogen and oxygen atoms in total. The second kappa shape index (κ2) is 11.1. The lowest BCUT2D eigenvalue weighted by Gasteiger charge is -2.37. The van der Waals surface area contributed by atoms with Crippen LogP contribution in [0.15, 0.2) is 66.6 Å². The third kappa shape index (κ3) is 5.77. The lowest BCUT2D eigenvalue weighted by Crippen LogP contribution is -2.47. The summed E-state index contributed by atoms with van der Waals surface area (Å²) in [5.74, 6) is 0.426. The van der Waals surface area contributed by atoms with Crippen LogP contribution >= 0.6 is 22.9 Å². The number of thiophene rings is 1. The topological polar surface area (TPSA) is 49.9 Å². The highest BCUT2D eigenvalue weighted by molar-refractivity contribution is 7.10. The van der Waals surface area contributed by atoms with Gasteiger partial charge < -0.3 is 14.5 Å². The fourth-order valence-electron chi connectivity index (χ4n) is 4.35. The summed E-state index contributed by atoms with van der Waals surface area (Å²) >= 11 is 7.86. The molecule has 0 saturated heterocycles. The van der Waals surface area contributed by atoms with Gasteiger partial charge in [0.05, 0.1) is 6.04 Å². The highest BCUT2D eigenvalue weighted by atomic mass is 35.5. The number of carbonyl (C=O) groups excluding carboxylic acids is 2. The van der Waals surface area contributed by atoms with Crippen molar-refractivity contribution in [1.29, 1.82) is 0 Å². The number of carbonyl (C=O) groups is 2. The summed E-state index contributed by atoms with van der Waals surface area (Å²) in [6.07, 6.45) is 2.44. The molecule has 2 aromatic carbocycles. The molecule has 0 N–H and O–H groups in total. The van der Waals surface area contributed by atoms with Crippen LogP contribution in [-0.4, -0.2) is 47.9 Å². The number of hydrogen-bond donors (Lipinski definition) is 0. The zero-order valence-corrected chi connectivity index (χ0v) is 21.6. The van der Waals surface area contributed by atoms with Crippen molar-refractivity contribution in [3.8, 4) is 5.75 Å². The van der Waals surface area contributed by atoms with Gasteiger partial charge in [0.15, 0.2) is 0 Å². The average Bonchev–Trinajstić information content (AvgIpc) is 3.33. The number of fused-ring (bicyclic) bond motifs is 1. The van der Waals surface area contributed by atoms with E-state index in [1.165, 1.54) is 4.88 Å². The summed E-state index contributed by atoms with van der Waals surface area (Å²) in [5.41, 5.74) is 3.61. The zero-order chi connectivity index (χ0) is 24.9. The molecule has 1 aromatic heterocycles. The van der Waals surface area contributed by atoms with Crippen LogP contribution in [0.5, 0.6) is 5.75 Å². The molecular formula is C28H29ClN2O3S. The van der Waals surface area contributed by atoms with Gasteiger partial charge in [0, 0.05) is 28.6 Å². The molecule has 182 valence electrons. The van der Waals surface area contributed by atoms with Gasteiger partial charge in [-0.2, -0.15) is 0 Å². The Bertz CT molecular complexity index is 1240. The molecule has 1 aliphatic heterocycles. The summed E-state index contributed by atoms with van der Waals surface area (Å²) in [7, 11) is 0. The highest BCUT2D eigenvalue weighted by Gasteiger charge is 2.33. The fraction of sp³-hybridized carbons (Fsp3) is 0.286. The van der Waals surface area contributed by atoms with Crippen molar-refractivity contribution >= 4 is 34.8 Å². The maximum Gasteiger partial charge on any atom is 0.254 e. The highest BCUT2D eigenvalue weighted by Crippen LogP contribution is 2.34. The van der Waals surface area contributed by atoms with Crippen LogP contribution in [-0.2, 0) is 11.2 Å². The van der Waals surface area contributed by atoms with Crippen LogP contribution < -0.4 is 4.74 Å². The van der Waals surface area contributed by atoms with Gasteiger partial charge in [0.2, 0.25) is 5.91 Å². The Balaban J connectivity index is 1.53. The quantitative estimate of drug-likeness (QED) is 0.358. The predicted octanol–water partition coefficient (Wildman–Crippen LogP) is 5.85.